The summed E-state index contributed by atoms with van der Waals surface area (Å²) in [6.45, 7) is 6.13. The van der Waals surface area contributed by atoms with E-state index >= 15 is 0 Å². The summed E-state index contributed by atoms with van der Waals surface area (Å²) in [5, 5.41) is 0. The van der Waals surface area contributed by atoms with Gasteiger partial charge in [0.15, 0.2) is 0 Å². The lowest BCUT2D eigenvalue weighted by Gasteiger charge is -2.22. The Morgan fingerprint density at radius 3 is 2.45 bits per heavy atom. The van der Waals surface area contributed by atoms with Gasteiger partial charge in [-0.05, 0) is 31.0 Å². The van der Waals surface area contributed by atoms with Crippen LogP contribution in [0.2, 0.25) is 0 Å². The molecule has 0 aromatic heterocycles. The minimum atomic E-state index is 0.0313. The molecule has 0 unspecified atom stereocenters. The van der Waals surface area contributed by atoms with Crippen LogP contribution in [0.25, 0.3) is 0 Å². The molecule has 0 atom stereocenters. The van der Waals surface area contributed by atoms with Crippen LogP contribution in [0.1, 0.15) is 29.3 Å². The first kappa shape index (κ1) is 14.9. The van der Waals surface area contributed by atoms with Crippen molar-refractivity contribution in [3.63, 3.8) is 0 Å². The molecule has 2 rings (SSSR count). The van der Waals surface area contributed by atoms with Gasteiger partial charge in [-0.25, -0.2) is 0 Å². The van der Waals surface area contributed by atoms with Gasteiger partial charge in [0, 0.05) is 43.6 Å². The van der Waals surface area contributed by atoms with E-state index in [1.54, 1.807) is 11.8 Å². The summed E-state index contributed by atoms with van der Waals surface area (Å²) in [6, 6.07) is 5.61. The molecule has 1 aromatic rings. The van der Waals surface area contributed by atoms with Gasteiger partial charge in [0.1, 0.15) is 0 Å². The Morgan fingerprint density at radius 1 is 1.10 bits per heavy atom. The van der Waals surface area contributed by atoms with Crippen molar-refractivity contribution in [3.8, 4) is 0 Å². The van der Waals surface area contributed by atoms with Crippen LogP contribution in [0.4, 0.5) is 0 Å². The first-order valence-corrected chi connectivity index (χ1v) is 7.28. The van der Waals surface area contributed by atoms with E-state index in [0.717, 1.165) is 23.4 Å². The number of nitrogens with zero attached hydrogens (tertiary/aromatic N) is 2. The molecule has 1 aromatic carbocycles. The van der Waals surface area contributed by atoms with Gasteiger partial charge in [0.2, 0.25) is 5.91 Å². The van der Waals surface area contributed by atoms with Crippen molar-refractivity contribution in [2.24, 2.45) is 0 Å². The smallest absolute Gasteiger partial charge is 0.254 e. The van der Waals surface area contributed by atoms with E-state index < -0.39 is 0 Å². The van der Waals surface area contributed by atoms with Crippen LogP contribution in [0.5, 0.6) is 0 Å². The van der Waals surface area contributed by atoms with Gasteiger partial charge in [0.25, 0.3) is 5.91 Å². The predicted octanol–water partition coefficient (Wildman–Crippen LogP) is 1.98. The predicted molar refractivity (Wildman–Crippen MR) is 81.2 cm³/mol. The van der Waals surface area contributed by atoms with Crippen molar-refractivity contribution in [3.05, 3.63) is 29.3 Å². The Hall–Kier alpha value is -1.49. The van der Waals surface area contributed by atoms with Crippen molar-refractivity contribution in [2.75, 3.05) is 26.2 Å². The van der Waals surface area contributed by atoms with Gasteiger partial charge in [-0.1, -0.05) is 6.07 Å². The average molecular weight is 292 g/mol. The molecule has 5 heteroatoms. The first-order chi connectivity index (χ1) is 9.49. The molecule has 1 heterocycles. The van der Waals surface area contributed by atoms with Crippen LogP contribution in [0.3, 0.4) is 0 Å². The van der Waals surface area contributed by atoms with Crippen molar-refractivity contribution in [1.29, 1.82) is 0 Å². The fourth-order valence-corrected chi connectivity index (χ4v) is 2.65. The van der Waals surface area contributed by atoms with Gasteiger partial charge in [0.05, 0.1) is 0 Å². The monoisotopic (exact) mass is 292 g/mol. The molecule has 1 fully saturated rings. The zero-order valence-electron chi connectivity index (χ0n) is 11.9. The Morgan fingerprint density at radius 2 is 1.75 bits per heavy atom. The third kappa shape index (κ3) is 3.33. The van der Waals surface area contributed by atoms with Gasteiger partial charge >= 0.3 is 0 Å². The maximum atomic E-state index is 12.6. The number of benzene rings is 1. The zero-order valence-corrected chi connectivity index (χ0v) is 12.8. The fraction of sp³-hybridized carbons (Fsp3) is 0.467. The summed E-state index contributed by atoms with van der Waals surface area (Å²) in [4.78, 5) is 28.4. The van der Waals surface area contributed by atoms with Gasteiger partial charge in [-0.15, -0.1) is 12.6 Å². The van der Waals surface area contributed by atoms with E-state index in [-0.39, 0.29) is 11.8 Å². The van der Waals surface area contributed by atoms with E-state index in [0.29, 0.717) is 25.2 Å². The molecule has 0 N–H and O–H groups in total. The summed E-state index contributed by atoms with van der Waals surface area (Å²) < 4.78 is 0. The number of amides is 2. The lowest BCUT2D eigenvalue weighted by atomic mass is 10.1. The van der Waals surface area contributed by atoms with Gasteiger partial charge in [-0.3, -0.25) is 9.59 Å². The van der Waals surface area contributed by atoms with Crippen LogP contribution in [-0.2, 0) is 4.79 Å². The largest absolute Gasteiger partial charge is 0.341 e. The third-order valence-electron chi connectivity index (χ3n) is 3.68. The molecule has 0 radical (unpaired) electrons. The maximum Gasteiger partial charge on any atom is 0.254 e. The second-order valence-electron chi connectivity index (χ2n) is 5.15. The minimum absolute atomic E-state index is 0.0313. The van der Waals surface area contributed by atoms with Crippen LogP contribution >= 0.6 is 12.6 Å². The number of hydrogen-bond donors (Lipinski definition) is 1. The lowest BCUT2D eigenvalue weighted by molar-refractivity contribution is -0.128. The molecule has 1 saturated heterocycles. The van der Waals surface area contributed by atoms with Crippen molar-refractivity contribution in [2.45, 2.75) is 25.2 Å². The molecule has 108 valence electrons. The molecule has 2 amide bonds. The van der Waals surface area contributed by atoms with Crippen molar-refractivity contribution >= 4 is 24.4 Å². The number of carbonyl (C=O) groups excluding carboxylic acids is 2. The minimum Gasteiger partial charge on any atom is -0.341 e. The number of hydrogen-bond acceptors (Lipinski definition) is 3. The second-order valence-corrected chi connectivity index (χ2v) is 5.67. The summed E-state index contributed by atoms with van der Waals surface area (Å²) in [7, 11) is 0. The van der Waals surface area contributed by atoms with Crippen molar-refractivity contribution < 1.29 is 9.59 Å². The van der Waals surface area contributed by atoms with E-state index in [1.807, 2.05) is 30.0 Å². The molecular formula is C15H20N2O2S. The van der Waals surface area contributed by atoms with Crippen LogP contribution < -0.4 is 0 Å². The summed E-state index contributed by atoms with van der Waals surface area (Å²) in [5.74, 6) is 0.108. The molecule has 0 saturated carbocycles. The van der Waals surface area contributed by atoms with Gasteiger partial charge in [-0.2, -0.15) is 0 Å². The molecule has 1 aliphatic heterocycles. The number of thiol groups is 1. The highest BCUT2D eigenvalue weighted by molar-refractivity contribution is 7.80. The molecule has 0 spiro atoms. The van der Waals surface area contributed by atoms with Crippen molar-refractivity contribution in [1.82, 2.24) is 9.80 Å². The topological polar surface area (TPSA) is 40.6 Å². The SMILES string of the molecule is CC(=O)N1CCCN(C(=O)c2cc(S)ccc2C)CC1. The maximum absolute atomic E-state index is 12.6. The molecular weight excluding hydrogens is 272 g/mol. The molecule has 20 heavy (non-hydrogen) atoms. The molecule has 0 aliphatic carbocycles. The highest BCUT2D eigenvalue weighted by Crippen LogP contribution is 2.17. The summed E-state index contributed by atoms with van der Waals surface area (Å²) in [6.07, 6.45) is 0.824. The lowest BCUT2D eigenvalue weighted by Crippen LogP contribution is -2.36. The van der Waals surface area contributed by atoms with E-state index in [4.69, 9.17) is 0 Å². The highest BCUT2D eigenvalue weighted by Gasteiger charge is 2.22. The average Bonchev–Trinajstić information content (AvgIpc) is 2.66. The Kier molecular flexibility index (Phi) is 4.70. The van der Waals surface area contributed by atoms with E-state index in [1.165, 1.54) is 0 Å². The van der Waals surface area contributed by atoms with E-state index in [2.05, 4.69) is 12.6 Å². The van der Waals surface area contributed by atoms with Gasteiger partial charge < -0.3 is 9.80 Å². The van der Waals surface area contributed by atoms with E-state index in [9.17, 15) is 9.59 Å². The number of aryl methyl sites for hydroxylation is 1. The number of carbonyl (C=O) groups is 2. The molecule has 1 aliphatic rings. The second kappa shape index (κ2) is 6.31. The quantitative estimate of drug-likeness (QED) is 0.804. The van der Waals surface area contributed by atoms with Crippen LogP contribution in [-0.4, -0.2) is 47.8 Å². The Labute approximate surface area is 125 Å². The molecule has 4 nitrogen and oxygen atoms in total. The summed E-state index contributed by atoms with van der Waals surface area (Å²) in [5.41, 5.74) is 1.66. The number of rotatable bonds is 1. The van der Waals surface area contributed by atoms with Crippen LogP contribution in [0, 0.1) is 6.92 Å². The molecule has 0 bridgehead atoms. The third-order valence-corrected chi connectivity index (χ3v) is 3.96. The normalized spacial score (nSPS) is 15.9. The highest BCUT2D eigenvalue weighted by atomic mass is 32.1. The fourth-order valence-electron chi connectivity index (χ4n) is 2.45. The van der Waals surface area contributed by atoms with Crippen LogP contribution in [0.15, 0.2) is 23.1 Å². The first-order valence-electron chi connectivity index (χ1n) is 6.83. The standard InChI is InChI=1S/C15H20N2O2S/c1-11-4-5-13(20)10-14(11)15(19)17-7-3-6-16(8-9-17)12(2)18/h4-5,10,20H,3,6-9H2,1-2H3. The Bertz CT molecular complexity index is 531. The summed E-state index contributed by atoms with van der Waals surface area (Å²) >= 11 is 4.30. The Balaban J connectivity index is 2.13. The zero-order chi connectivity index (χ0) is 14.7.